The van der Waals surface area contributed by atoms with Gasteiger partial charge in [0.15, 0.2) is 0 Å². The van der Waals surface area contributed by atoms with Gasteiger partial charge in [0.2, 0.25) is 17.5 Å². The molecule has 0 aliphatic carbocycles. The fraction of sp³-hybridized carbons (Fsp3) is 0.300. The molecule has 3 rings (SSSR count). The van der Waals surface area contributed by atoms with Crippen LogP contribution in [-0.2, 0) is 27.3 Å². The van der Waals surface area contributed by atoms with Crippen LogP contribution >= 0.6 is 0 Å². The highest BCUT2D eigenvalue weighted by Gasteiger charge is 2.25. The van der Waals surface area contributed by atoms with Crippen LogP contribution in [-0.4, -0.2) is 34.9 Å². The smallest absolute Gasteiger partial charge is 0.346 e. The Morgan fingerprint density at radius 3 is 2.79 bits per heavy atom. The van der Waals surface area contributed by atoms with Gasteiger partial charge in [-0.1, -0.05) is 12.1 Å². The molecule has 0 saturated heterocycles. The van der Waals surface area contributed by atoms with Crippen molar-refractivity contribution in [3.05, 3.63) is 63.5 Å². The summed E-state index contributed by atoms with van der Waals surface area (Å²) < 4.78 is 24.1. The second-order valence-corrected chi connectivity index (χ2v) is 6.42. The Hall–Kier alpha value is -3.49. The van der Waals surface area contributed by atoms with Crippen LogP contribution in [0.3, 0.4) is 0 Å². The average Bonchev–Trinajstić information content (AvgIpc) is 2.66. The highest BCUT2D eigenvalue weighted by molar-refractivity contribution is 5.81. The van der Waals surface area contributed by atoms with Gasteiger partial charge in [-0.25, -0.2) is 0 Å². The number of amides is 1. The Bertz CT molecular complexity index is 962. The molecule has 9 heteroatoms. The average molecular weight is 402 g/mol. The third-order valence-electron chi connectivity index (χ3n) is 4.48. The van der Waals surface area contributed by atoms with E-state index in [2.05, 4.69) is 0 Å². The number of fused-ring (bicyclic) bond motifs is 1. The molecule has 1 heterocycles. The third-order valence-corrected chi connectivity index (χ3v) is 4.48. The predicted octanol–water partition coefficient (Wildman–Crippen LogP) is 3.36. The largest absolute Gasteiger partial charge is 0.466 e. The number of esters is 1. The second-order valence-electron chi connectivity index (χ2n) is 6.42. The fourth-order valence-corrected chi connectivity index (χ4v) is 3.10. The Kier molecular flexibility index (Phi) is 6.06. The van der Waals surface area contributed by atoms with Crippen LogP contribution in [0, 0.1) is 15.9 Å². The van der Waals surface area contributed by atoms with Gasteiger partial charge in [0.05, 0.1) is 24.4 Å². The Morgan fingerprint density at radius 2 is 2.07 bits per heavy atom. The van der Waals surface area contributed by atoms with Gasteiger partial charge in [-0.15, -0.1) is 0 Å². The number of halogens is 1. The van der Waals surface area contributed by atoms with Crippen LogP contribution in [0.4, 0.5) is 10.1 Å². The van der Waals surface area contributed by atoms with Crippen molar-refractivity contribution in [2.24, 2.45) is 0 Å². The topological polar surface area (TPSA) is 99.0 Å². The zero-order chi connectivity index (χ0) is 21.0. The van der Waals surface area contributed by atoms with Crippen LogP contribution < -0.4 is 4.74 Å². The number of para-hydroxylation sites is 1. The Labute approximate surface area is 166 Å². The quantitative estimate of drug-likeness (QED) is 0.400. The molecule has 1 aliphatic heterocycles. The van der Waals surface area contributed by atoms with Crippen molar-refractivity contribution in [3.63, 3.8) is 0 Å². The van der Waals surface area contributed by atoms with E-state index in [4.69, 9.17) is 9.47 Å². The molecule has 0 spiro atoms. The summed E-state index contributed by atoms with van der Waals surface area (Å²) in [6.07, 6.45) is 0.236. The lowest BCUT2D eigenvalue weighted by molar-refractivity contribution is -0.388. The van der Waals surface area contributed by atoms with E-state index in [1.807, 2.05) is 0 Å². The molecule has 0 fully saturated rings. The summed E-state index contributed by atoms with van der Waals surface area (Å²) in [5, 5.41) is 11.1. The van der Waals surface area contributed by atoms with Gasteiger partial charge in [0.1, 0.15) is 5.75 Å². The van der Waals surface area contributed by atoms with E-state index in [1.165, 1.54) is 12.1 Å². The zero-order valence-corrected chi connectivity index (χ0v) is 15.7. The van der Waals surface area contributed by atoms with E-state index in [-0.39, 0.29) is 42.8 Å². The first-order chi connectivity index (χ1) is 13.9. The monoisotopic (exact) mass is 402 g/mol. The van der Waals surface area contributed by atoms with Crippen molar-refractivity contribution in [3.8, 4) is 11.5 Å². The van der Waals surface area contributed by atoms with Crippen molar-refractivity contribution in [2.75, 3.05) is 13.2 Å². The van der Waals surface area contributed by atoms with E-state index in [1.54, 1.807) is 30.0 Å². The lowest BCUT2D eigenvalue weighted by Crippen LogP contribution is -2.37. The molecule has 0 atom stereocenters. The van der Waals surface area contributed by atoms with Crippen molar-refractivity contribution in [1.82, 2.24) is 4.90 Å². The number of carbonyl (C=O) groups is 2. The summed E-state index contributed by atoms with van der Waals surface area (Å²) in [6.45, 7) is 2.62. The highest BCUT2D eigenvalue weighted by Crippen LogP contribution is 2.34. The van der Waals surface area contributed by atoms with Crippen LogP contribution in [0.2, 0.25) is 0 Å². The van der Waals surface area contributed by atoms with E-state index in [9.17, 15) is 24.1 Å². The molecular weight excluding hydrogens is 383 g/mol. The van der Waals surface area contributed by atoms with Crippen LogP contribution in [0.1, 0.15) is 24.5 Å². The normalized spacial score (nSPS) is 13.0. The minimum atomic E-state index is -0.988. The maximum Gasteiger partial charge on any atom is 0.346 e. The number of ether oxygens (including phenoxy) is 2. The number of rotatable bonds is 7. The second kappa shape index (κ2) is 8.68. The number of nitrogens with zero attached hydrogens (tertiary/aromatic N) is 2. The van der Waals surface area contributed by atoms with Crippen molar-refractivity contribution in [2.45, 2.75) is 26.3 Å². The van der Waals surface area contributed by atoms with E-state index < -0.39 is 16.4 Å². The van der Waals surface area contributed by atoms with Crippen LogP contribution in [0.15, 0.2) is 36.4 Å². The van der Waals surface area contributed by atoms with Crippen LogP contribution in [0.25, 0.3) is 0 Å². The Morgan fingerprint density at radius 1 is 1.28 bits per heavy atom. The first-order valence-corrected chi connectivity index (χ1v) is 9.05. The molecule has 0 radical (unpaired) electrons. The summed E-state index contributed by atoms with van der Waals surface area (Å²) in [6, 6.07) is 8.59. The molecule has 29 heavy (non-hydrogen) atoms. The lowest BCUT2D eigenvalue weighted by atomic mass is 9.98. The highest BCUT2D eigenvalue weighted by atomic mass is 19.1. The van der Waals surface area contributed by atoms with Crippen LogP contribution in [0.5, 0.6) is 11.5 Å². The summed E-state index contributed by atoms with van der Waals surface area (Å²) in [5.74, 6) is -1.43. The van der Waals surface area contributed by atoms with Gasteiger partial charge in [-0.2, -0.15) is 4.39 Å². The van der Waals surface area contributed by atoms with Gasteiger partial charge < -0.3 is 14.4 Å². The molecule has 152 valence electrons. The van der Waals surface area contributed by atoms with Crippen molar-refractivity contribution in [1.29, 1.82) is 0 Å². The zero-order valence-electron chi connectivity index (χ0n) is 15.7. The summed E-state index contributed by atoms with van der Waals surface area (Å²) in [5.41, 5.74) is 0.861. The van der Waals surface area contributed by atoms with E-state index in [0.717, 1.165) is 17.2 Å². The molecular formula is C20H19FN2O6. The van der Waals surface area contributed by atoms with Crippen molar-refractivity contribution < 1.29 is 28.4 Å². The summed E-state index contributed by atoms with van der Waals surface area (Å²) >= 11 is 0. The Balaban J connectivity index is 1.74. The minimum absolute atomic E-state index is 0.112. The number of hydrogen-bond donors (Lipinski definition) is 0. The number of hydrogen-bond acceptors (Lipinski definition) is 6. The molecule has 0 unspecified atom stereocenters. The SMILES string of the molecule is CCOC(=O)CCN1Cc2ccc(Oc3cccc(F)c3[N+](=O)[O-])cc2CC1=O. The van der Waals surface area contributed by atoms with E-state index in [0.29, 0.717) is 13.2 Å². The summed E-state index contributed by atoms with van der Waals surface area (Å²) in [4.78, 5) is 35.7. The fourth-order valence-electron chi connectivity index (χ4n) is 3.10. The molecule has 0 saturated carbocycles. The van der Waals surface area contributed by atoms with Gasteiger partial charge >= 0.3 is 11.7 Å². The van der Waals surface area contributed by atoms with Gasteiger partial charge in [-0.05, 0) is 42.3 Å². The molecule has 1 aliphatic rings. The number of nitro groups is 1. The van der Waals surface area contributed by atoms with E-state index >= 15 is 0 Å². The lowest BCUT2D eigenvalue weighted by Gasteiger charge is -2.28. The maximum atomic E-state index is 13.7. The molecule has 1 amide bonds. The van der Waals surface area contributed by atoms with Gasteiger partial charge in [-0.3, -0.25) is 19.7 Å². The molecule has 0 bridgehead atoms. The van der Waals surface area contributed by atoms with Gasteiger partial charge in [0, 0.05) is 13.1 Å². The number of nitro benzene ring substituents is 1. The summed E-state index contributed by atoms with van der Waals surface area (Å²) in [7, 11) is 0. The standard InChI is InChI=1S/C20H19FN2O6/c1-2-28-19(25)8-9-22-12-13-6-7-15(10-14(13)11-18(22)24)29-17-5-3-4-16(21)20(17)23(26)27/h3-7,10H,2,8-9,11-12H2,1H3. The molecule has 8 nitrogen and oxygen atoms in total. The van der Waals surface area contributed by atoms with Crippen molar-refractivity contribution >= 4 is 17.6 Å². The third kappa shape index (κ3) is 4.68. The molecule has 0 aromatic heterocycles. The minimum Gasteiger partial charge on any atom is -0.466 e. The predicted molar refractivity (Wildman–Crippen MR) is 99.9 cm³/mol. The number of benzene rings is 2. The first-order valence-electron chi connectivity index (χ1n) is 9.05. The first kappa shape index (κ1) is 20.2. The molecule has 2 aromatic rings. The van der Waals surface area contributed by atoms with Gasteiger partial charge in [0.25, 0.3) is 0 Å². The molecule has 0 N–H and O–H groups in total. The molecule has 2 aromatic carbocycles. The number of carbonyl (C=O) groups excluding carboxylic acids is 2. The maximum absolute atomic E-state index is 13.7.